The number of amides is 2. The molecule has 0 atom stereocenters. The molecule has 3 aromatic carbocycles. The van der Waals surface area contributed by atoms with Crippen LogP contribution in [0.25, 0.3) is 5.57 Å². The Morgan fingerprint density at radius 3 is 2.21 bits per heavy atom. The molecule has 4 rings (SSSR count). The molecule has 0 bridgehead atoms. The third-order valence-corrected chi connectivity index (χ3v) is 5.98. The number of rotatable bonds is 7. The van der Waals surface area contributed by atoms with Crippen molar-refractivity contribution >= 4 is 23.1 Å². The van der Waals surface area contributed by atoms with Gasteiger partial charge in [-0.3, -0.25) is 9.59 Å². The van der Waals surface area contributed by atoms with Gasteiger partial charge in [0.2, 0.25) is 0 Å². The quantitative estimate of drug-likeness (QED) is 0.481. The average Bonchev–Trinajstić information content (AvgIpc) is 3.10. The first-order valence-corrected chi connectivity index (χ1v) is 11.0. The second kappa shape index (κ2) is 9.43. The molecule has 6 heteroatoms. The number of carbonyl (C=O) groups is 2. The Kier molecular flexibility index (Phi) is 6.41. The Morgan fingerprint density at radius 2 is 1.53 bits per heavy atom. The number of methoxy groups -OCH3 is 2. The summed E-state index contributed by atoms with van der Waals surface area (Å²) in [6, 6.07) is 20.9. The van der Waals surface area contributed by atoms with E-state index in [4.69, 9.17) is 9.47 Å². The number of carbonyl (C=O) groups excluding carboxylic acids is 2. The van der Waals surface area contributed by atoms with Crippen LogP contribution in [-0.4, -0.2) is 38.0 Å². The number of hydrogen-bond acceptors (Lipinski definition) is 5. The van der Waals surface area contributed by atoms with Crippen molar-refractivity contribution in [2.45, 2.75) is 20.4 Å². The van der Waals surface area contributed by atoms with Crippen LogP contribution in [-0.2, 0) is 16.1 Å². The largest absolute Gasteiger partial charge is 0.493 e. The van der Waals surface area contributed by atoms with Crippen LogP contribution in [0.15, 0.2) is 72.4 Å². The minimum atomic E-state index is -0.360. The highest BCUT2D eigenvalue weighted by Gasteiger charge is 2.42. The molecule has 0 unspecified atom stereocenters. The maximum Gasteiger partial charge on any atom is 0.282 e. The van der Waals surface area contributed by atoms with Crippen molar-refractivity contribution in [2.24, 2.45) is 0 Å². The van der Waals surface area contributed by atoms with E-state index in [1.54, 1.807) is 32.4 Å². The number of likely N-dealkylation sites (N-methyl/N-ethyl adjacent to an activating group) is 1. The van der Waals surface area contributed by atoms with Crippen LogP contribution in [0.5, 0.6) is 11.5 Å². The zero-order valence-electron chi connectivity index (χ0n) is 20.1. The second-order valence-electron chi connectivity index (χ2n) is 8.37. The lowest BCUT2D eigenvalue weighted by molar-refractivity contribution is -0.120. The van der Waals surface area contributed by atoms with Gasteiger partial charge < -0.3 is 14.4 Å². The maximum absolute atomic E-state index is 13.9. The molecule has 3 aromatic rings. The Balaban J connectivity index is 1.86. The molecule has 34 heavy (non-hydrogen) atoms. The maximum atomic E-state index is 13.9. The summed E-state index contributed by atoms with van der Waals surface area (Å²) in [5, 5.41) is 0. The number of aryl methyl sites for hydroxylation is 2. The summed E-state index contributed by atoms with van der Waals surface area (Å²) in [6.07, 6.45) is 0. The summed E-state index contributed by atoms with van der Waals surface area (Å²) in [4.78, 5) is 30.8. The highest BCUT2D eigenvalue weighted by Crippen LogP contribution is 2.39. The summed E-state index contributed by atoms with van der Waals surface area (Å²) in [5.41, 5.74) is 4.74. The summed E-state index contributed by atoms with van der Waals surface area (Å²) in [7, 11) is 4.94. The molecule has 174 valence electrons. The van der Waals surface area contributed by atoms with Gasteiger partial charge >= 0.3 is 0 Å². The molecule has 6 nitrogen and oxygen atoms in total. The van der Waals surface area contributed by atoms with E-state index < -0.39 is 0 Å². The first kappa shape index (κ1) is 23.1. The number of nitrogens with zero attached hydrogens (tertiary/aromatic N) is 2. The fourth-order valence-electron chi connectivity index (χ4n) is 4.24. The minimum Gasteiger partial charge on any atom is -0.493 e. The summed E-state index contributed by atoms with van der Waals surface area (Å²) in [6.45, 7) is 4.32. The van der Waals surface area contributed by atoms with E-state index in [1.165, 1.54) is 4.90 Å². The molecule has 0 radical (unpaired) electrons. The van der Waals surface area contributed by atoms with Crippen molar-refractivity contribution < 1.29 is 19.1 Å². The first-order valence-electron chi connectivity index (χ1n) is 11.0. The molecular weight excluding hydrogens is 428 g/mol. The van der Waals surface area contributed by atoms with Crippen LogP contribution < -0.4 is 14.4 Å². The third-order valence-electron chi connectivity index (χ3n) is 5.98. The van der Waals surface area contributed by atoms with Gasteiger partial charge in [0, 0.05) is 13.6 Å². The van der Waals surface area contributed by atoms with E-state index >= 15 is 0 Å². The van der Waals surface area contributed by atoms with Crippen LogP contribution >= 0.6 is 0 Å². The molecule has 1 heterocycles. The van der Waals surface area contributed by atoms with E-state index in [0.29, 0.717) is 40.6 Å². The van der Waals surface area contributed by atoms with Crippen LogP contribution in [0.3, 0.4) is 0 Å². The lowest BCUT2D eigenvalue weighted by Crippen LogP contribution is -2.34. The highest BCUT2D eigenvalue weighted by molar-refractivity contribution is 6.45. The van der Waals surface area contributed by atoms with Gasteiger partial charge in [0.15, 0.2) is 11.5 Å². The normalized spacial score (nSPS) is 13.5. The van der Waals surface area contributed by atoms with Crippen molar-refractivity contribution in [3.05, 3.63) is 94.7 Å². The Bertz CT molecular complexity index is 1280. The standard InChI is InChI=1S/C28H28N2O4/c1-18-11-12-19(2)22(15-18)30-27(31)25(21-13-14-23(33-4)24(16-21)34-5)26(28(30)32)29(3)17-20-9-7-6-8-10-20/h6-16H,17H2,1-5H3. The molecular formula is C28H28N2O4. The predicted octanol–water partition coefficient (Wildman–Crippen LogP) is 4.74. The zero-order chi connectivity index (χ0) is 24.4. The SMILES string of the molecule is COc1ccc(C2=C(N(C)Cc3ccccc3)C(=O)N(c3cc(C)ccc3C)C2=O)cc1OC. The molecule has 0 fully saturated rings. The molecule has 0 saturated carbocycles. The van der Waals surface area contributed by atoms with Crippen molar-refractivity contribution in [1.29, 1.82) is 0 Å². The van der Waals surface area contributed by atoms with E-state index in [0.717, 1.165) is 16.7 Å². The zero-order valence-corrected chi connectivity index (χ0v) is 20.1. The van der Waals surface area contributed by atoms with E-state index in [9.17, 15) is 9.59 Å². The number of hydrogen-bond donors (Lipinski definition) is 0. The summed E-state index contributed by atoms with van der Waals surface area (Å²) in [5.74, 6) is 0.333. The molecule has 0 aliphatic carbocycles. The Labute approximate surface area is 200 Å². The van der Waals surface area contributed by atoms with Gasteiger partial charge in [0.05, 0.1) is 25.5 Å². The van der Waals surface area contributed by atoms with Crippen molar-refractivity contribution in [3.63, 3.8) is 0 Å². The van der Waals surface area contributed by atoms with Gasteiger partial charge in [-0.05, 0) is 54.3 Å². The fourth-order valence-corrected chi connectivity index (χ4v) is 4.24. The molecule has 0 N–H and O–H groups in total. The fraction of sp³-hybridized carbons (Fsp3) is 0.214. The third kappa shape index (κ3) is 4.15. The molecule has 1 aliphatic rings. The van der Waals surface area contributed by atoms with Gasteiger partial charge in [-0.1, -0.05) is 48.5 Å². The van der Waals surface area contributed by atoms with E-state index in [1.807, 2.05) is 74.3 Å². The molecule has 1 aliphatic heterocycles. The number of ether oxygens (including phenoxy) is 2. The van der Waals surface area contributed by atoms with E-state index in [-0.39, 0.29) is 11.8 Å². The Hall–Kier alpha value is -4.06. The van der Waals surface area contributed by atoms with Gasteiger partial charge in [-0.25, -0.2) is 4.90 Å². The van der Waals surface area contributed by atoms with Crippen LogP contribution in [0.4, 0.5) is 5.69 Å². The molecule has 0 saturated heterocycles. The lowest BCUT2D eigenvalue weighted by Gasteiger charge is -2.22. The monoisotopic (exact) mass is 456 g/mol. The van der Waals surface area contributed by atoms with Gasteiger partial charge in [0.25, 0.3) is 11.8 Å². The number of anilines is 1. The van der Waals surface area contributed by atoms with Gasteiger partial charge in [-0.2, -0.15) is 0 Å². The van der Waals surface area contributed by atoms with Crippen LogP contribution in [0, 0.1) is 13.8 Å². The van der Waals surface area contributed by atoms with E-state index in [2.05, 4.69) is 0 Å². The molecule has 0 spiro atoms. The average molecular weight is 457 g/mol. The second-order valence-corrected chi connectivity index (χ2v) is 8.37. The Morgan fingerprint density at radius 1 is 0.824 bits per heavy atom. The topological polar surface area (TPSA) is 59.1 Å². The van der Waals surface area contributed by atoms with Crippen molar-refractivity contribution in [2.75, 3.05) is 26.2 Å². The van der Waals surface area contributed by atoms with Crippen molar-refractivity contribution in [1.82, 2.24) is 4.90 Å². The molecule has 2 amide bonds. The first-order chi connectivity index (χ1) is 16.3. The number of benzene rings is 3. The molecule has 0 aromatic heterocycles. The number of imide groups is 1. The summed E-state index contributed by atoms with van der Waals surface area (Å²) >= 11 is 0. The van der Waals surface area contributed by atoms with Gasteiger partial charge in [0.1, 0.15) is 5.70 Å². The van der Waals surface area contributed by atoms with Gasteiger partial charge in [-0.15, -0.1) is 0 Å². The smallest absolute Gasteiger partial charge is 0.282 e. The lowest BCUT2D eigenvalue weighted by atomic mass is 10.0. The van der Waals surface area contributed by atoms with Crippen LogP contribution in [0.2, 0.25) is 0 Å². The summed E-state index contributed by atoms with van der Waals surface area (Å²) < 4.78 is 10.8. The highest BCUT2D eigenvalue weighted by atomic mass is 16.5. The van der Waals surface area contributed by atoms with Crippen LogP contribution in [0.1, 0.15) is 22.3 Å². The minimum absolute atomic E-state index is 0.338. The van der Waals surface area contributed by atoms with Crippen molar-refractivity contribution in [3.8, 4) is 11.5 Å². The predicted molar refractivity (Wildman–Crippen MR) is 133 cm³/mol.